The number of amides is 3. The van der Waals surface area contributed by atoms with Gasteiger partial charge in [-0.3, -0.25) is 15.4 Å². The Morgan fingerprint density at radius 1 is 1.04 bits per heavy atom. The molecule has 0 aliphatic carbocycles. The Bertz CT molecular complexity index is 594. The van der Waals surface area contributed by atoms with Crippen molar-refractivity contribution in [2.45, 2.75) is 33.6 Å². The second kappa shape index (κ2) is 7.26. The quantitative estimate of drug-likeness (QED) is 0.847. The molecule has 0 saturated carbocycles. The summed E-state index contributed by atoms with van der Waals surface area (Å²) in [6, 6.07) is 9.45. The Kier molecular flexibility index (Phi) is 5.36. The summed E-state index contributed by atoms with van der Waals surface area (Å²) < 4.78 is 0. The molecule has 0 bridgehead atoms. The topological polar surface area (TPSA) is 73.8 Å². The van der Waals surface area contributed by atoms with Crippen LogP contribution in [0.1, 0.15) is 33.6 Å². The van der Waals surface area contributed by atoms with Crippen LogP contribution >= 0.6 is 0 Å². The molecule has 1 aliphatic rings. The van der Waals surface area contributed by atoms with E-state index in [4.69, 9.17) is 0 Å². The zero-order valence-electron chi connectivity index (χ0n) is 13.9. The third-order valence-electron chi connectivity index (χ3n) is 4.46. The summed E-state index contributed by atoms with van der Waals surface area (Å²) in [5.41, 5.74) is 0.300. The van der Waals surface area contributed by atoms with Gasteiger partial charge in [0.2, 0.25) is 5.91 Å². The Morgan fingerprint density at radius 2 is 1.70 bits per heavy atom. The first kappa shape index (κ1) is 17.0. The number of imide groups is 1. The highest BCUT2D eigenvalue weighted by molar-refractivity contribution is 6.21. The molecule has 124 valence electrons. The average Bonchev–Trinajstić information content (AvgIpc) is 2.57. The minimum Gasteiger partial charge on any atom is -0.352 e. The van der Waals surface area contributed by atoms with Gasteiger partial charge in [-0.2, -0.15) is 0 Å². The summed E-state index contributed by atoms with van der Waals surface area (Å²) in [4.78, 5) is 30.6. The average molecular weight is 316 g/mol. The van der Waals surface area contributed by atoms with Crippen LogP contribution in [0, 0.1) is 5.41 Å². The lowest BCUT2D eigenvalue weighted by molar-refractivity contribution is -0.127. The van der Waals surface area contributed by atoms with Crippen molar-refractivity contribution in [3.05, 3.63) is 30.3 Å². The van der Waals surface area contributed by atoms with Crippen LogP contribution in [0.3, 0.4) is 0 Å². The highest BCUT2D eigenvalue weighted by atomic mass is 16.2. The zero-order chi connectivity index (χ0) is 16.9. The molecule has 1 aromatic rings. The molecule has 1 aliphatic heterocycles. The number of amidine groups is 1. The summed E-state index contributed by atoms with van der Waals surface area (Å²) in [5, 5.41) is 5.07. The number of hydrogen-bond donors (Lipinski definition) is 2. The summed E-state index contributed by atoms with van der Waals surface area (Å²) in [7, 11) is 0. The predicted molar refractivity (Wildman–Crippen MR) is 91.5 cm³/mol. The molecule has 1 saturated heterocycles. The second-order valence-corrected chi connectivity index (χ2v) is 5.54. The Morgan fingerprint density at radius 3 is 2.26 bits per heavy atom. The lowest BCUT2D eigenvalue weighted by Gasteiger charge is -2.35. The lowest BCUT2D eigenvalue weighted by Crippen LogP contribution is -2.62. The lowest BCUT2D eigenvalue weighted by atomic mass is 9.79. The maximum Gasteiger partial charge on any atom is 0.326 e. The van der Waals surface area contributed by atoms with Gasteiger partial charge in [0.1, 0.15) is 17.9 Å². The standard InChI is InChI=1S/C17H24N4O2/c1-4-17(5-2)14(19-16(23)20-15(17)22)18-12-21(6-3)13-10-8-7-9-11-13/h7-11H,4-6,12H2,1-3H3,(H2,18,19,20,22,23). The van der Waals surface area contributed by atoms with Gasteiger partial charge in [-0.05, 0) is 31.9 Å². The Balaban J connectivity index is 2.27. The maximum absolute atomic E-state index is 12.3. The number of aliphatic imine (C=N–C) groups is 1. The van der Waals surface area contributed by atoms with Crippen LogP contribution in [0.15, 0.2) is 35.3 Å². The Hall–Kier alpha value is -2.37. The predicted octanol–water partition coefficient (Wildman–Crippen LogP) is 2.51. The third kappa shape index (κ3) is 3.36. The van der Waals surface area contributed by atoms with Crippen molar-refractivity contribution in [3.63, 3.8) is 0 Å². The van der Waals surface area contributed by atoms with E-state index in [1.54, 1.807) is 0 Å². The van der Waals surface area contributed by atoms with Gasteiger partial charge in [0.05, 0.1) is 0 Å². The van der Waals surface area contributed by atoms with Gasteiger partial charge in [0.15, 0.2) is 0 Å². The molecule has 1 fully saturated rings. The molecule has 6 nitrogen and oxygen atoms in total. The van der Waals surface area contributed by atoms with Gasteiger partial charge in [-0.15, -0.1) is 0 Å². The van der Waals surface area contributed by atoms with E-state index in [1.807, 2.05) is 51.1 Å². The Labute approximate surface area is 137 Å². The number of nitrogens with zero attached hydrogens (tertiary/aromatic N) is 2. The molecular weight excluding hydrogens is 292 g/mol. The fourth-order valence-corrected chi connectivity index (χ4v) is 2.84. The van der Waals surface area contributed by atoms with Crippen LogP contribution in [0.5, 0.6) is 0 Å². The van der Waals surface area contributed by atoms with Gasteiger partial charge >= 0.3 is 6.03 Å². The number of benzene rings is 1. The highest BCUT2D eigenvalue weighted by Gasteiger charge is 2.45. The smallest absolute Gasteiger partial charge is 0.326 e. The van der Waals surface area contributed by atoms with Crippen molar-refractivity contribution in [1.82, 2.24) is 10.6 Å². The minimum atomic E-state index is -0.760. The van der Waals surface area contributed by atoms with Gasteiger partial charge in [0, 0.05) is 12.2 Å². The summed E-state index contributed by atoms with van der Waals surface area (Å²) in [6.07, 6.45) is 1.18. The van der Waals surface area contributed by atoms with Crippen molar-refractivity contribution >= 4 is 23.5 Å². The number of nitrogens with one attached hydrogen (secondary N) is 2. The van der Waals surface area contributed by atoms with Crippen molar-refractivity contribution in [1.29, 1.82) is 0 Å². The molecule has 2 N–H and O–H groups in total. The number of rotatable bonds is 6. The van der Waals surface area contributed by atoms with E-state index in [1.165, 1.54) is 0 Å². The molecule has 23 heavy (non-hydrogen) atoms. The van der Waals surface area contributed by atoms with Crippen LogP contribution in [-0.2, 0) is 4.79 Å². The monoisotopic (exact) mass is 316 g/mol. The molecule has 0 radical (unpaired) electrons. The SMILES string of the molecule is CCN(C/N=C1\NC(=O)NC(=O)C1(CC)CC)c1ccccc1. The van der Waals surface area contributed by atoms with Crippen LogP contribution in [0.4, 0.5) is 10.5 Å². The van der Waals surface area contributed by atoms with Crippen molar-refractivity contribution in [3.8, 4) is 0 Å². The van der Waals surface area contributed by atoms with Crippen LogP contribution < -0.4 is 15.5 Å². The van der Waals surface area contributed by atoms with E-state index >= 15 is 0 Å². The summed E-state index contributed by atoms with van der Waals surface area (Å²) in [5.74, 6) is 0.193. The molecule has 2 rings (SSSR count). The zero-order valence-corrected chi connectivity index (χ0v) is 13.9. The second-order valence-electron chi connectivity index (χ2n) is 5.54. The van der Waals surface area contributed by atoms with E-state index in [0.717, 1.165) is 12.2 Å². The normalized spacial score (nSPS) is 18.5. The van der Waals surface area contributed by atoms with Crippen LogP contribution in [0.25, 0.3) is 0 Å². The van der Waals surface area contributed by atoms with Crippen molar-refractivity contribution in [2.75, 3.05) is 18.1 Å². The maximum atomic E-state index is 12.3. The molecule has 0 unspecified atom stereocenters. The molecule has 1 heterocycles. The fraction of sp³-hybridized carbons (Fsp3) is 0.471. The molecular formula is C17H24N4O2. The number of hydrogen-bond acceptors (Lipinski definition) is 4. The first-order valence-corrected chi connectivity index (χ1v) is 8.04. The van der Waals surface area contributed by atoms with E-state index in [0.29, 0.717) is 25.3 Å². The molecule has 0 atom stereocenters. The fourth-order valence-electron chi connectivity index (χ4n) is 2.84. The van der Waals surface area contributed by atoms with Gasteiger partial charge < -0.3 is 4.90 Å². The minimum absolute atomic E-state index is 0.271. The van der Waals surface area contributed by atoms with Crippen LogP contribution in [0.2, 0.25) is 0 Å². The van der Waals surface area contributed by atoms with E-state index in [9.17, 15) is 9.59 Å². The number of para-hydroxylation sites is 1. The first-order chi connectivity index (χ1) is 11.1. The van der Waals surface area contributed by atoms with E-state index in [2.05, 4.69) is 20.5 Å². The molecule has 1 aromatic carbocycles. The van der Waals surface area contributed by atoms with Crippen molar-refractivity contribution in [2.24, 2.45) is 10.4 Å². The first-order valence-electron chi connectivity index (χ1n) is 8.04. The van der Waals surface area contributed by atoms with Crippen LogP contribution in [-0.4, -0.2) is 31.0 Å². The number of anilines is 1. The van der Waals surface area contributed by atoms with Gasteiger partial charge in [-0.1, -0.05) is 32.0 Å². The molecule has 3 amide bonds. The number of carbonyl (C=O) groups is 2. The van der Waals surface area contributed by atoms with E-state index < -0.39 is 11.4 Å². The van der Waals surface area contributed by atoms with Gasteiger partial charge in [0.25, 0.3) is 0 Å². The molecule has 0 spiro atoms. The summed E-state index contributed by atoms with van der Waals surface area (Å²) >= 11 is 0. The number of carbonyl (C=O) groups excluding carboxylic acids is 2. The summed E-state index contributed by atoms with van der Waals surface area (Å²) in [6.45, 7) is 7.10. The third-order valence-corrected chi connectivity index (χ3v) is 4.46. The highest BCUT2D eigenvalue weighted by Crippen LogP contribution is 2.30. The molecule has 0 aromatic heterocycles. The van der Waals surface area contributed by atoms with E-state index in [-0.39, 0.29) is 5.91 Å². The largest absolute Gasteiger partial charge is 0.352 e. The van der Waals surface area contributed by atoms with Crippen molar-refractivity contribution < 1.29 is 9.59 Å². The number of urea groups is 1. The molecule has 6 heteroatoms. The van der Waals surface area contributed by atoms with Gasteiger partial charge in [-0.25, -0.2) is 9.79 Å².